The number of carbonyl (C=O) groups is 1. The van der Waals surface area contributed by atoms with E-state index in [2.05, 4.69) is 10.1 Å². The van der Waals surface area contributed by atoms with Crippen molar-refractivity contribution in [2.75, 3.05) is 13.1 Å². The second kappa shape index (κ2) is 9.78. The summed E-state index contributed by atoms with van der Waals surface area (Å²) < 4.78 is 17.9. The molecule has 1 saturated heterocycles. The van der Waals surface area contributed by atoms with E-state index < -0.39 is 5.82 Å². The van der Waals surface area contributed by atoms with Crippen LogP contribution >= 0.6 is 23.2 Å². The summed E-state index contributed by atoms with van der Waals surface area (Å²) in [7, 11) is 0. The predicted molar refractivity (Wildman–Crippen MR) is 146 cm³/mol. The van der Waals surface area contributed by atoms with Crippen molar-refractivity contribution in [1.82, 2.24) is 24.2 Å². The largest absolute Gasteiger partial charge is 0.337 e. The van der Waals surface area contributed by atoms with Crippen LogP contribution in [0.2, 0.25) is 10.0 Å². The van der Waals surface area contributed by atoms with Crippen molar-refractivity contribution < 1.29 is 9.18 Å². The zero-order valence-electron chi connectivity index (χ0n) is 20.1. The van der Waals surface area contributed by atoms with Crippen molar-refractivity contribution in [2.24, 2.45) is 0 Å². The van der Waals surface area contributed by atoms with E-state index in [-0.39, 0.29) is 28.9 Å². The molecule has 3 heterocycles. The lowest BCUT2D eigenvalue weighted by atomic mass is 10.0. The van der Waals surface area contributed by atoms with Gasteiger partial charge in [0.25, 0.3) is 5.91 Å². The number of piperidine rings is 1. The third-order valence-electron chi connectivity index (χ3n) is 6.97. The molecule has 38 heavy (non-hydrogen) atoms. The highest BCUT2D eigenvalue weighted by molar-refractivity contribution is 6.42. The van der Waals surface area contributed by atoms with Gasteiger partial charge in [-0.3, -0.25) is 9.36 Å². The summed E-state index contributed by atoms with van der Waals surface area (Å²) >= 11 is 12.4. The minimum atomic E-state index is -0.435. The number of halogens is 3. The molecule has 1 amide bonds. The van der Waals surface area contributed by atoms with E-state index in [0.29, 0.717) is 47.4 Å². The van der Waals surface area contributed by atoms with Gasteiger partial charge in [-0.05, 0) is 61.4 Å². The summed E-state index contributed by atoms with van der Waals surface area (Å²) in [5.74, 6) is -0.675. The number of hydrogen-bond donors (Lipinski definition) is 1. The zero-order chi connectivity index (χ0) is 26.4. The number of para-hydroxylation sites is 2. The first-order valence-electron chi connectivity index (χ1n) is 12.2. The van der Waals surface area contributed by atoms with E-state index in [1.165, 1.54) is 10.7 Å². The third kappa shape index (κ3) is 4.29. The Morgan fingerprint density at radius 1 is 0.947 bits per heavy atom. The van der Waals surface area contributed by atoms with Crippen LogP contribution in [0.4, 0.5) is 4.39 Å². The van der Waals surface area contributed by atoms with Gasteiger partial charge in [-0.25, -0.2) is 13.9 Å². The van der Waals surface area contributed by atoms with Gasteiger partial charge in [0.1, 0.15) is 11.5 Å². The fraction of sp³-hybridized carbons (Fsp3) is 0.179. The molecule has 0 radical (unpaired) electrons. The molecule has 3 aromatic carbocycles. The van der Waals surface area contributed by atoms with Crippen LogP contribution in [0.1, 0.15) is 29.4 Å². The van der Waals surface area contributed by atoms with Gasteiger partial charge in [0.15, 0.2) is 0 Å². The van der Waals surface area contributed by atoms with Crippen LogP contribution in [0.15, 0.2) is 77.6 Å². The van der Waals surface area contributed by atoms with Gasteiger partial charge >= 0.3 is 5.69 Å². The Morgan fingerprint density at radius 2 is 1.68 bits per heavy atom. The number of H-pyrrole nitrogens is 1. The Bertz CT molecular complexity index is 1730. The van der Waals surface area contributed by atoms with E-state index in [9.17, 15) is 14.0 Å². The van der Waals surface area contributed by atoms with E-state index in [0.717, 1.165) is 11.0 Å². The molecule has 192 valence electrons. The minimum Gasteiger partial charge on any atom is -0.337 e. The van der Waals surface area contributed by atoms with Crippen molar-refractivity contribution in [3.8, 4) is 16.9 Å². The predicted octanol–water partition coefficient (Wildman–Crippen LogP) is 6.11. The highest BCUT2D eigenvalue weighted by Crippen LogP contribution is 2.30. The Morgan fingerprint density at radius 3 is 2.45 bits per heavy atom. The molecule has 0 bridgehead atoms. The number of nitrogens with one attached hydrogen (secondary N) is 1. The molecule has 10 heteroatoms. The number of likely N-dealkylation sites (tertiary alicyclic amines) is 1. The number of aromatic nitrogens is 4. The number of hydrogen-bond acceptors (Lipinski definition) is 3. The van der Waals surface area contributed by atoms with Crippen LogP contribution in [-0.2, 0) is 0 Å². The molecule has 0 atom stereocenters. The van der Waals surface area contributed by atoms with Crippen LogP contribution in [0.5, 0.6) is 0 Å². The highest BCUT2D eigenvalue weighted by atomic mass is 35.5. The van der Waals surface area contributed by atoms with Crippen molar-refractivity contribution >= 4 is 40.1 Å². The fourth-order valence-corrected chi connectivity index (χ4v) is 5.37. The lowest BCUT2D eigenvalue weighted by molar-refractivity contribution is 0.0685. The Kier molecular flexibility index (Phi) is 6.29. The second-order valence-corrected chi connectivity index (χ2v) is 10.1. The van der Waals surface area contributed by atoms with Crippen LogP contribution in [0.3, 0.4) is 0 Å². The quantitative estimate of drug-likeness (QED) is 0.294. The van der Waals surface area contributed by atoms with Crippen molar-refractivity contribution in [2.45, 2.75) is 18.9 Å². The summed E-state index contributed by atoms with van der Waals surface area (Å²) in [6.07, 6.45) is 1.24. The van der Waals surface area contributed by atoms with Crippen molar-refractivity contribution in [3.05, 3.63) is 105 Å². The van der Waals surface area contributed by atoms with Gasteiger partial charge in [-0.2, -0.15) is 5.10 Å². The van der Waals surface area contributed by atoms with Crippen LogP contribution < -0.4 is 5.69 Å². The highest BCUT2D eigenvalue weighted by Gasteiger charge is 2.29. The molecule has 0 spiro atoms. The monoisotopic (exact) mass is 549 g/mol. The Balaban J connectivity index is 1.32. The zero-order valence-corrected chi connectivity index (χ0v) is 21.6. The van der Waals surface area contributed by atoms with Gasteiger partial charge in [-0.15, -0.1) is 0 Å². The number of benzene rings is 3. The van der Waals surface area contributed by atoms with Crippen molar-refractivity contribution in [1.29, 1.82) is 0 Å². The van der Waals surface area contributed by atoms with Crippen molar-refractivity contribution in [3.63, 3.8) is 0 Å². The lowest BCUT2D eigenvalue weighted by Gasteiger charge is -2.32. The molecule has 0 aliphatic carbocycles. The topological polar surface area (TPSA) is 75.9 Å². The molecule has 1 aliphatic heterocycles. The van der Waals surface area contributed by atoms with E-state index in [1.807, 2.05) is 24.3 Å². The molecule has 0 unspecified atom stereocenters. The summed E-state index contributed by atoms with van der Waals surface area (Å²) in [6.45, 7) is 0.911. The number of imidazole rings is 1. The molecule has 1 aliphatic rings. The molecule has 2 aromatic heterocycles. The standard InChI is InChI=1S/C28H22Cl2FN5O2/c29-20-10-9-18(15-21(20)30)36-26(16-24(33-36)19-5-1-2-6-22(19)31)27(37)34-13-11-17(12-14-34)35-25-8-4-3-7-23(25)32-28(35)38/h1-10,15-17H,11-14H2,(H,32,38). The average Bonchev–Trinajstić information content (AvgIpc) is 3.51. The van der Waals surface area contributed by atoms with Crippen LogP contribution in [0, 0.1) is 5.82 Å². The minimum absolute atomic E-state index is 0.0309. The molecular weight excluding hydrogens is 528 g/mol. The molecule has 6 rings (SSSR count). The number of fused-ring (bicyclic) bond motifs is 1. The smallest absolute Gasteiger partial charge is 0.326 e. The maximum atomic E-state index is 14.6. The maximum Gasteiger partial charge on any atom is 0.326 e. The van der Waals surface area contributed by atoms with Crippen LogP contribution in [0.25, 0.3) is 28.0 Å². The van der Waals surface area contributed by atoms with Gasteiger partial charge in [0.05, 0.1) is 32.5 Å². The normalized spacial score (nSPS) is 14.3. The maximum absolute atomic E-state index is 14.6. The van der Waals surface area contributed by atoms with E-state index >= 15 is 0 Å². The first-order valence-corrected chi connectivity index (χ1v) is 13.0. The number of rotatable bonds is 4. The molecular formula is C28H22Cl2FN5O2. The van der Waals surface area contributed by atoms with Gasteiger partial charge in [-0.1, -0.05) is 47.5 Å². The first-order chi connectivity index (χ1) is 18.4. The third-order valence-corrected chi connectivity index (χ3v) is 7.71. The lowest BCUT2D eigenvalue weighted by Crippen LogP contribution is -2.41. The summed E-state index contributed by atoms with van der Waals surface area (Å²) in [6, 6.07) is 20.4. The summed E-state index contributed by atoms with van der Waals surface area (Å²) in [5, 5.41) is 5.27. The molecule has 0 saturated carbocycles. The average molecular weight is 550 g/mol. The van der Waals surface area contributed by atoms with E-state index in [4.69, 9.17) is 23.2 Å². The number of carbonyl (C=O) groups excluding carboxylic acids is 1. The number of aromatic amines is 1. The molecule has 7 nitrogen and oxygen atoms in total. The van der Waals surface area contributed by atoms with Gasteiger partial charge in [0.2, 0.25) is 0 Å². The van der Waals surface area contributed by atoms with Crippen LogP contribution in [-0.4, -0.2) is 43.2 Å². The Labute approximate surface area is 227 Å². The number of amides is 1. The second-order valence-electron chi connectivity index (χ2n) is 9.25. The number of nitrogens with zero attached hydrogens (tertiary/aromatic N) is 4. The molecule has 1 fully saturated rings. The molecule has 5 aromatic rings. The first kappa shape index (κ1) is 24.5. The van der Waals surface area contributed by atoms with Gasteiger partial charge in [0, 0.05) is 24.7 Å². The van der Waals surface area contributed by atoms with Gasteiger partial charge < -0.3 is 9.88 Å². The fourth-order valence-electron chi connectivity index (χ4n) is 5.07. The summed E-state index contributed by atoms with van der Waals surface area (Å²) in [5.41, 5.74) is 2.94. The summed E-state index contributed by atoms with van der Waals surface area (Å²) in [4.78, 5) is 31.1. The SMILES string of the molecule is O=C(c1cc(-c2ccccc2F)nn1-c1ccc(Cl)c(Cl)c1)N1CCC(n2c(=O)[nH]c3ccccc32)CC1. The Hall–Kier alpha value is -3.88. The van der Waals surface area contributed by atoms with E-state index in [1.54, 1.807) is 51.9 Å². The molecule has 1 N–H and O–H groups in total.